The lowest BCUT2D eigenvalue weighted by Gasteiger charge is -2.20. The average molecular weight is 278 g/mol. The molecule has 0 unspecified atom stereocenters. The predicted molar refractivity (Wildman–Crippen MR) is 63.8 cm³/mol. The van der Waals surface area contributed by atoms with E-state index in [0.29, 0.717) is 6.92 Å². The standard InChI is InChI=1S/C13H20F2O4/c1-13(14,15)12(17)18-9-11(16)19-10-7-5-3-2-4-6-8-10/h10H,2-9H2,1H3. The summed E-state index contributed by atoms with van der Waals surface area (Å²) < 4.78 is 34.3. The van der Waals surface area contributed by atoms with E-state index < -0.39 is 24.5 Å². The fourth-order valence-electron chi connectivity index (χ4n) is 2.01. The maximum atomic E-state index is 12.5. The first-order chi connectivity index (χ1) is 8.89. The Bertz CT molecular complexity index is 304. The van der Waals surface area contributed by atoms with Gasteiger partial charge >= 0.3 is 17.9 Å². The van der Waals surface area contributed by atoms with E-state index in [1.54, 1.807) is 0 Å². The minimum Gasteiger partial charge on any atom is -0.460 e. The van der Waals surface area contributed by atoms with Crippen LogP contribution in [-0.4, -0.2) is 30.6 Å². The summed E-state index contributed by atoms with van der Waals surface area (Å²) in [6.45, 7) is -0.325. The van der Waals surface area contributed by atoms with Crippen molar-refractivity contribution in [1.29, 1.82) is 0 Å². The Morgan fingerprint density at radius 2 is 1.63 bits per heavy atom. The summed E-state index contributed by atoms with van der Waals surface area (Å²) in [7, 11) is 0. The third kappa shape index (κ3) is 6.50. The lowest BCUT2D eigenvalue weighted by Crippen LogP contribution is -2.30. The van der Waals surface area contributed by atoms with E-state index in [1.165, 1.54) is 6.42 Å². The van der Waals surface area contributed by atoms with Crippen molar-refractivity contribution in [1.82, 2.24) is 0 Å². The van der Waals surface area contributed by atoms with Crippen molar-refractivity contribution in [2.45, 2.75) is 63.9 Å². The molecular formula is C13H20F2O4. The SMILES string of the molecule is CC(F)(F)C(=O)OCC(=O)OC1CCCCCCC1. The summed E-state index contributed by atoms with van der Waals surface area (Å²) in [4.78, 5) is 22.2. The highest BCUT2D eigenvalue weighted by molar-refractivity contribution is 5.80. The zero-order chi connectivity index (χ0) is 14.3. The van der Waals surface area contributed by atoms with E-state index in [1.807, 2.05) is 0 Å². The molecule has 0 spiro atoms. The van der Waals surface area contributed by atoms with Gasteiger partial charge in [-0.25, -0.2) is 9.59 Å². The highest BCUT2D eigenvalue weighted by Crippen LogP contribution is 2.19. The van der Waals surface area contributed by atoms with Crippen LogP contribution in [0.15, 0.2) is 0 Å². The van der Waals surface area contributed by atoms with Gasteiger partial charge in [-0.3, -0.25) is 0 Å². The van der Waals surface area contributed by atoms with E-state index in [4.69, 9.17) is 4.74 Å². The first-order valence-electron chi connectivity index (χ1n) is 6.64. The van der Waals surface area contributed by atoms with Crippen molar-refractivity contribution < 1.29 is 27.8 Å². The Labute approximate surface area is 111 Å². The predicted octanol–water partition coefficient (Wildman–Crippen LogP) is 2.84. The topological polar surface area (TPSA) is 52.6 Å². The van der Waals surface area contributed by atoms with Crippen molar-refractivity contribution in [3.05, 3.63) is 0 Å². The van der Waals surface area contributed by atoms with E-state index >= 15 is 0 Å². The van der Waals surface area contributed by atoms with Crippen molar-refractivity contribution in [3.63, 3.8) is 0 Å². The maximum absolute atomic E-state index is 12.5. The van der Waals surface area contributed by atoms with Crippen molar-refractivity contribution >= 4 is 11.9 Å². The molecule has 1 fully saturated rings. The van der Waals surface area contributed by atoms with Gasteiger partial charge in [0.25, 0.3) is 0 Å². The Kier molecular flexibility index (Phi) is 6.18. The lowest BCUT2D eigenvalue weighted by atomic mass is 9.99. The molecule has 0 N–H and O–H groups in total. The second-order valence-electron chi connectivity index (χ2n) is 4.92. The summed E-state index contributed by atoms with van der Waals surface area (Å²) in [6, 6.07) is 0. The summed E-state index contributed by atoms with van der Waals surface area (Å²) in [5, 5.41) is 0. The molecule has 110 valence electrons. The van der Waals surface area contributed by atoms with Crippen LogP contribution in [0.2, 0.25) is 0 Å². The molecule has 0 aromatic carbocycles. The molecule has 1 saturated carbocycles. The molecule has 0 amide bonds. The Balaban J connectivity index is 2.27. The van der Waals surface area contributed by atoms with Crippen LogP contribution in [0.5, 0.6) is 0 Å². The number of esters is 2. The molecule has 0 bridgehead atoms. The van der Waals surface area contributed by atoms with E-state index in [2.05, 4.69) is 4.74 Å². The van der Waals surface area contributed by atoms with Gasteiger partial charge in [0.1, 0.15) is 6.10 Å². The van der Waals surface area contributed by atoms with Crippen LogP contribution in [0.4, 0.5) is 8.78 Å². The van der Waals surface area contributed by atoms with Gasteiger partial charge in [-0.05, 0) is 25.7 Å². The number of ether oxygens (including phenoxy) is 2. The monoisotopic (exact) mass is 278 g/mol. The van der Waals surface area contributed by atoms with Gasteiger partial charge in [0.15, 0.2) is 6.61 Å². The molecule has 0 heterocycles. The average Bonchev–Trinajstić information content (AvgIpc) is 2.28. The molecule has 1 aliphatic carbocycles. The largest absolute Gasteiger partial charge is 0.460 e. The molecule has 0 aromatic heterocycles. The van der Waals surface area contributed by atoms with E-state index in [-0.39, 0.29) is 6.10 Å². The summed E-state index contributed by atoms with van der Waals surface area (Å²) in [5.41, 5.74) is 0. The molecule has 1 rings (SSSR count). The zero-order valence-electron chi connectivity index (χ0n) is 11.1. The fraction of sp³-hybridized carbons (Fsp3) is 0.846. The third-order valence-corrected chi connectivity index (χ3v) is 3.03. The van der Waals surface area contributed by atoms with Gasteiger partial charge in [-0.15, -0.1) is 0 Å². The van der Waals surface area contributed by atoms with Crippen LogP contribution in [-0.2, 0) is 19.1 Å². The van der Waals surface area contributed by atoms with Crippen molar-refractivity contribution in [2.75, 3.05) is 6.61 Å². The number of alkyl halides is 2. The van der Waals surface area contributed by atoms with E-state index in [0.717, 1.165) is 38.5 Å². The number of carbonyl (C=O) groups excluding carboxylic acids is 2. The summed E-state index contributed by atoms with van der Waals surface area (Å²) in [6.07, 6.45) is 6.79. The molecule has 6 heteroatoms. The van der Waals surface area contributed by atoms with Gasteiger partial charge in [-0.2, -0.15) is 8.78 Å². The molecule has 19 heavy (non-hydrogen) atoms. The van der Waals surface area contributed by atoms with Gasteiger partial charge in [0, 0.05) is 6.92 Å². The molecule has 4 nitrogen and oxygen atoms in total. The molecule has 0 radical (unpaired) electrons. The van der Waals surface area contributed by atoms with Crippen LogP contribution in [0.25, 0.3) is 0 Å². The molecule has 0 aliphatic heterocycles. The lowest BCUT2D eigenvalue weighted by molar-refractivity contribution is -0.177. The first kappa shape index (κ1) is 15.9. The number of halogens is 2. The number of rotatable bonds is 4. The number of carbonyl (C=O) groups is 2. The first-order valence-corrected chi connectivity index (χ1v) is 6.64. The van der Waals surface area contributed by atoms with Crippen LogP contribution in [0.1, 0.15) is 51.9 Å². The second-order valence-corrected chi connectivity index (χ2v) is 4.92. The summed E-state index contributed by atoms with van der Waals surface area (Å²) >= 11 is 0. The van der Waals surface area contributed by atoms with Gasteiger partial charge < -0.3 is 9.47 Å². The normalized spacial score (nSPS) is 18.3. The number of hydrogen-bond donors (Lipinski definition) is 0. The highest BCUT2D eigenvalue weighted by Gasteiger charge is 2.34. The Hall–Kier alpha value is -1.20. The Morgan fingerprint density at radius 1 is 1.11 bits per heavy atom. The maximum Gasteiger partial charge on any atom is 0.377 e. The fourth-order valence-corrected chi connectivity index (χ4v) is 2.01. The smallest absolute Gasteiger partial charge is 0.377 e. The van der Waals surface area contributed by atoms with Gasteiger partial charge in [-0.1, -0.05) is 19.3 Å². The quantitative estimate of drug-likeness (QED) is 0.742. The minimum atomic E-state index is -3.58. The van der Waals surface area contributed by atoms with Crippen LogP contribution < -0.4 is 0 Å². The Morgan fingerprint density at radius 3 is 2.16 bits per heavy atom. The highest BCUT2D eigenvalue weighted by atomic mass is 19.3. The summed E-state index contributed by atoms with van der Waals surface area (Å²) in [5.74, 6) is -6.05. The van der Waals surface area contributed by atoms with Gasteiger partial charge in [0.2, 0.25) is 0 Å². The molecule has 0 atom stereocenters. The van der Waals surface area contributed by atoms with Crippen LogP contribution >= 0.6 is 0 Å². The minimum absolute atomic E-state index is 0.186. The van der Waals surface area contributed by atoms with Crippen molar-refractivity contribution in [2.24, 2.45) is 0 Å². The second kappa shape index (κ2) is 7.40. The molecule has 0 aromatic rings. The molecular weight excluding hydrogens is 258 g/mol. The van der Waals surface area contributed by atoms with Crippen LogP contribution in [0.3, 0.4) is 0 Å². The molecule has 0 saturated heterocycles. The van der Waals surface area contributed by atoms with E-state index in [9.17, 15) is 18.4 Å². The van der Waals surface area contributed by atoms with Gasteiger partial charge in [0.05, 0.1) is 0 Å². The van der Waals surface area contributed by atoms with Crippen molar-refractivity contribution in [3.8, 4) is 0 Å². The molecule has 1 aliphatic rings. The number of hydrogen-bond acceptors (Lipinski definition) is 4. The zero-order valence-corrected chi connectivity index (χ0v) is 11.1. The third-order valence-electron chi connectivity index (χ3n) is 3.03. The van der Waals surface area contributed by atoms with Crippen LogP contribution in [0, 0.1) is 0 Å².